The third-order valence-electron chi connectivity index (χ3n) is 5.31. The summed E-state index contributed by atoms with van der Waals surface area (Å²) in [5.74, 6) is 1.50. The number of rotatable bonds is 5. The monoisotopic (exact) mass is 403 g/mol. The fraction of sp³-hybridized carbons (Fsp3) is 0.250. The van der Waals surface area contributed by atoms with Crippen molar-refractivity contribution in [3.8, 4) is 6.07 Å². The van der Waals surface area contributed by atoms with Gasteiger partial charge in [0.15, 0.2) is 0 Å². The predicted molar refractivity (Wildman–Crippen MR) is 118 cm³/mol. The molecule has 29 heavy (non-hydrogen) atoms. The van der Waals surface area contributed by atoms with Crippen molar-refractivity contribution < 1.29 is 4.40 Å². The zero-order valence-electron chi connectivity index (χ0n) is 16.9. The fourth-order valence-corrected chi connectivity index (χ4v) is 4.00. The molecule has 0 aliphatic carbocycles. The highest BCUT2D eigenvalue weighted by Gasteiger charge is 2.26. The Kier molecular flexibility index (Phi) is 5.17. The van der Waals surface area contributed by atoms with Crippen LogP contribution in [0.3, 0.4) is 0 Å². The lowest BCUT2D eigenvalue weighted by Crippen LogP contribution is -2.31. The topological polar surface area (TPSA) is 55.7 Å². The second-order valence-electron chi connectivity index (χ2n) is 7.81. The summed E-state index contributed by atoms with van der Waals surface area (Å²) in [5, 5.41) is 14.4. The van der Waals surface area contributed by atoms with Crippen LogP contribution in [0.15, 0.2) is 48.5 Å². The van der Waals surface area contributed by atoms with Gasteiger partial charge >= 0.3 is 0 Å². The van der Waals surface area contributed by atoms with Crippen LogP contribution >= 0.6 is 11.6 Å². The van der Waals surface area contributed by atoms with Gasteiger partial charge in [0, 0.05) is 17.0 Å². The van der Waals surface area contributed by atoms with Crippen molar-refractivity contribution in [2.45, 2.75) is 27.2 Å². The molecule has 2 heterocycles. The molecule has 0 saturated carbocycles. The van der Waals surface area contributed by atoms with Crippen LogP contribution in [0.4, 0.5) is 5.82 Å². The van der Waals surface area contributed by atoms with Crippen molar-refractivity contribution in [3.05, 3.63) is 75.8 Å². The summed E-state index contributed by atoms with van der Waals surface area (Å²) in [5.41, 5.74) is 6.66. The summed E-state index contributed by atoms with van der Waals surface area (Å²) in [6.07, 6.45) is 0.656. The molecule has 0 radical (unpaired) electrons. The lowest BCUT2D eigenvalue weighted by Gasteiger charge is -2.15. The average molecular weight is 404 g/mol. The number of para-hydroxylation sites is 2. The Bertz CT molecular complexity index is 1250. The number of halogens is 1. The molecule has 0 unspecified atom stereocenters. The minimum absolute atomic E-state index is 0.486. The number of hydrogen-bond acceptors (Lipinski definition) is 2. The van der Waals surface area contributed by atoms with Gasteiger partial charge in [0.25, 0.3) is 0 Å². The van der Waals surface area contributed by atoms with Gasteiger partial charge in [0.05, 0.1) is 6.54 Å². The largest absolute Gasteiger partial charge is 0.305 e. The van der Waals surface area contributed by atoms with E-state index in [9.17, 15) is 5.26 Å². The molecule has 2 aromatic heterocycles. The number of anilines is 1. The van der Waals surface area contributed by atoms with Crippen LogP contribution in [0.2, 0.25) is 5.02 Å². The van der Waals surface area contributed by atoms with E-state index in [-0.39, 0.29) is 0 Å². The molecule has 5 heteroatoms. The van der Waals surface area contributed by atoms with E-state index in [1.54, 1.807) is 0 Å². The predicted octanol–water partition coefficient (Wildman–Crippen LogP) is 5.40. The van der Waals surface area contributed by atoms with E-state index in [2.05, 4.69) is 40.7 Å². The maximum atomic E-state index is 9.97. The Morgan fingerprint density at radius 3 is 2.59 bits per heavy atom. The highest BCUT2D eigenvalue weighted by molar-refractivity contribution is 6.31. The summed E-state index contributed by atoms with van der Waals surface area (Å²) in [6, 6.07) is 18.5. The van der Waals surface area contributed by atoms with Crippen molar-refractivity contribution in [2.24, 2.45) is 5.92 Å². The van der Waals surface area contributed by atoms with Gasteiger partial charge < -0.3 is 5.32 Å². The summed E-state index contributed by atoms with van der Waals surface area (Å²) in [6.45, 7) is 7.24. The van der Waals surface area contributed by atoms with Crippen LogP contribution in [-0.2, 0) is 6.42 Å². The number of benzene rings is 2. The molecule has 0 spiro atoms. The normalized spacial score (nSPS) is 11.3. The van der Waals surface area contributed by atoms with Crippen molar-refractivity contribution in [3.63, 3.8) is 0 Å². The van der Waals surface area contributed by atoms with Gasteiger partial charge in [0.1, 0.15) is 22.7 Å². The fourth-order valence-electron chi connectivity index (χ4n) is 3.80. The first-order chi connectivity index (χ1) is 14.0. The minimum atomic E-state index is 0.486. The lowest BCUT2D eigenvalue weighted by atomic mass is 9.97. The molecule has 0 amide bonds. The second kappa shape index (κ2) is 7.77. The van der Waals surface area contributed by atoms with Crippen molar-refractivity contribution >= 4 is 34.1 Å². The number of imidazole rings is 1. The quantitative estimate of drug-likeness (QED) is 0.438. The summed E-state index contributed by atoms with van der Waals surface area (Å²) < 4.78 is 2.15. The van der Waals surface area contributed by atoms with Gasteiger partial charge in [-0.2, -0.15) is 9.66 Å². The highest BCUT2D eigenvalue weighted by Crippen LogP contribution is 2.29. The SMILES string of the molecule is Cc1c(Cc2ccccc2Cl)c(NCC(C)C)[n+]2c([nH]c3ccccc32)c1C#N. The van der Waals surface area contributed by atoms with E-state index in [0.29, 0.717) is 17.9 Å². The minimum Gasteiger partial charge on any atom is -0.305 e. The molecule has 0 atom stereocenters. The van der Waals surface area contributed by atoms with Crippen molar-refractivity contribution in [2.75, 3.05) is 11.9 Å². The molecule has 0 bridgehead atoms. The molecular formula is C24H24ClN4+. The Morgan fingerprint density at radius 2 is 1.86 bits per heavy atom. The van der Waals surface area contributed by atoms with E-state index in [4.69, 9.17) is 11.6 Å². The Balaban J connectivity index is 2.05. The van der Waals surface area contributed by atoms with Gasteiger partial charge in [-0.3, -0.25) is 4.98 Å². The third-order valence-corrected chi connectivity index (χ3v) is 5.68. The Labute approximate surface area is 175 Å². The number of fused-ring (bicyclic) bond motifs is 3. The number of hydrogen-bond donors (Lipinski definition) is 2. The first-order valence-corrected chi connectivity index (χ1v) is 10.2. The first kappa shape index (κ1) is 19.3. The molecule has 2 aromatic carbocycles. The first-order valence-electron chi connectivity index (χ1n) is 9.86. The number of aromatic amines is 1. The summed E-state index contributed by atoms with van der Waals surface area (Å²) >= 11 is 6.47. The van der Waals surface area contributed by atoms with Crippen LogP contribution in [0.25, 0.3) is 16.7 Å². The van der Waals surface area contributed by atoms with E-state index in [1.165, 1.54) is 0 Å². The van der Waals surface area contributed by atoms with Crippen molar-refractivity contribution in [1.29, 1.82) is 5.26 Å². The summed E-state index contributed by atoms with van der Waals surface area (Å²) in [4.78, 5) is 3.44. The molecule has 0 aliphatic rings. The van der Waals surface area contributed by atoms with E-state index in [0.717, 1.165) is 50.8 Å². The lowest BCUT2D eigenvalue weighted by molar-refractivity contribution is -0.465. The van der Waals surface area contributed by atoms with Crippen LogP contribution in [0, 0.1) is 24.2 Å². The second-order valence-corrected chi connectivity index (χ2v) is 8.22. The molecule has 4 rings (SSSR count). The number of nitrogens with zero attached hydrogens (tertiary/aromatic N) is 2. The molecule has 0 saturated heterocycles. The number of nitrogens with one attached hydrogen (secondary N) is 2. The molecule has 2 N–H and O–H groups in total. The van der Waals surface area contributed by atoms with E-state index < -0.39 is 0 Å². The van der Waals surface area contributed by atoms with Crippen LogP contribution in [0.5, 0.6) is 0 Å². The van der Waals surface area contributed by atoms with Gasteiger partial charge in [0.2, 0.25) is 11.5 Å². The molecular weight excluding hydrogens is 380 g/mol. The molecule has 0 fully saturated rings. The molecule has 0 aliphatic heterocycles. The maximum Gasteiger partial charge on any atom is 0.250 e. The zero-order chi connectivity index (χ0) is 20.5. The van der Waals surface area contributed by atoms with E-state index >= 15 is 0 Å². The Morgan fingerprint density at radius 1 is 1.14 bits per heavy atom. The van der Waals surface area contributed by atoms with Gasteiger partial charge in [-0.05, 0) is 42.2 Å². The van der Waals surface area contributed by atoms with E-state index in [1.807, 2.05) is 49.4 Å². The van der Waals surface area contributed by atoms with Crippen LogP contribution in [0.1, 0.15) is 36.1 Å². The van der Waals surface area contributed by atoms with Crippen molar-refractivity contribution in [1.82, 2.24) is 4.98 Å². The number of pyridine rings is 1. The zero-order valence-corrected chi connectivity index (χ0v) is 17.6. The number of nitriles is 1. The van der Waals surface area contributed by atoms with Gasteiger partial charge in [-0.15, -0.1) is 0 Å². The highest BCUT2D eigenvalue weighted by atomic mass is 35.5. The average Bonchev–Trinajstić information content (AvgIpc) is 3.08. The van der Waals surface area contributed by atoms with Crippen LogP contribution < -0.4 is 9.72 Å². The maximum absolute atomic E-state index is 9.97. The summed E-state index contributed by atoms with van der Waals surface area (Å²) in [7, 11) is 0. The molecule has 4 aromatic rings. The number of aromatic nitrogens is 2. The van der Waals surface area contributed by atoms with Gasteiger partial charge in [-0.1, -0.05) is 55.8 Å². The molecule has 146 valence electrons. The smallest absolute Gasteiger partial charge is 0.250 e. The number of H-pyrrole nitrogens is 1. The standard InChI is InChI=1S/C24H23ClN4/c1-15(2)14-27-23-18(12-17-8-4-5-9-20(17)25)16(3)19(13-26)24-28-21-10-6-7-11-22(21)29(23)24/h4-11,15H,12,14H2,1-3H3,(H,27,28)/p+1. The Hall–Kier alpha value is -3.03. The van der Waals surface area contributed by atoms with Gasteiger partial charge in [-0.25, -0.2) is 0 Å². The third kappa shape index (κ3) is 3.43. The van der Waals surface area contributed by atoms with Crippen LogP contribution in [-0.4, -0.2) is 11.5 Å². The molecule has 4 nitrogen and oxygen atoms in total.